The van der Waals surface area contributed by atoms with Crippen molar-refractivity contribution in [2.24, 2.45) is 0 Å². The number of benzene rings is 2. The number of nitrogens with one attached hydrogen (secondary N) is 3. The Morgan fingerprint density at radius 1 is 0.900 bits per heavy atom. The van der Waals surface area contributed by atoms with Gasteiger partial charge in [0.1, 0.15) is 16.5 Å². The summed E-state index contributed by atoms with van der Waals surface area (Å²) >= 11 is 0. The van der Waals surface area contributed by atoms with E-state index in [-0.39, 0.29) is 11.5 Å². The second-order valence-electron chi connectivity index (χ2n) is 11.3. The van der Waals surface area contributed by atoms with E-state index in [2.05, 4.69) is 123 Å². The SMILES string of the molecule is CC(C)(C)c1ccc(N[C@H](C[Si](C)(C)N[Si](C)(C)C)c2c[nH]c3ccccc23)cc1. The van der Waals surface area contributed by atoms with Gasteiger partial charge in [-0.25, -0.2) is 0 Å². The first-order valence-corrected chi connectivity index (χ1v) is 17.8. The summed E-state index contributed by atoms with van der Waals surface area (Å²) in [6.07, 6.45) is 2.20. The molecule has 0 saturated carbocycles. The van der Waals surface area contributed by atoms with Crippen LogP contribution in [0.25, 0.3) is 10.9 Å². The third-order valence-corrected chi connectivity index (χ3v) is 12.7. The van der Waals surface area contributed by atoms with Crippen LogP contribution >= 0.6 is 0 Å². The summed E-state index contributed by atoms with van der Waals surface area (Å²) in [5.74, 6) is 0. The third-order valence-electron chi connectivity index (χ3n) is 5.52. The van der Waals surface area contributed by atoms with Gasteiger partial charge < -0.3 is 14.9 Å². The zero-order valence-corrected chi connectivity index (χ0v) is 22.0. The van der Waals surface area contributed by atoms with Crippen LogP contribution in [-0.4, -0.2) is 21.5 Å². The van der Waals surface area contributed by atoms with E-state index >= 15 is 0 Å². The van der Waals surface area contributed by atoms with Gasteiger partial charge in [0.25, 0.3) is 0 Å². The molecule has 1 heterocycles. The standard InChI is InChI=1S/C25H39N3Si2/c1-25(2,3)19-13-15-20(16-14-19)27-24(18-30(7,8)28-29(4,5)6)22-17-26-23-12-10-9-11-21(22)23/h9-17,24,26-28H,18H2,1-8H3/t24-/m1/s1. The average Bonchev–Trinajstić information content (AvgIpc) is 3.02. The maximum atomic E-state index is 4.08. The van der Waals surface area contributed by atoms with Gasteiger partial charge in [-0.1, -0.05) is 83.8 Å². The predicted octanol–water partition coefficient (Wildman–Crippen LogP) is 7.25. The van der Waals surface area contributed by atoms with Gasteiger partial charge in [0, 0.05) is 22.8 Å². The second-order valence-corrected chi connectivity index (χ2v) is 21.0. The Labute approximate surface area is 184 Å². The molecule has 1 aromatic heterocycles. The Morgan fingerprint density at radius 3 is 2.13 bits per heavy atom. The number of H-pyrrole nitrogens is 1. The van der Waals surface area contributed by atoms with Gasteiger partial charge in [-0.05, 0) is 40.8 Å². The van der Waals surface area contributed by atoms with E-state index in [0.717, 1.165) is 6.04 Å². The normalized spacial score (nSPS) is 14.1. The van der Waals surface area contributed by atoms with E-state index in [4.69, 9.17) is 0 Å². The Bertz CT molecular complexity index is 976. The number of aromatic amines is 1. The first-order valence-electron chi connectivity index (χ1n) is 11.1. The number of hydrogen-bond acceptors (Lipinski definition) is 2. The highest BCUT2D eigenvalue weighted by molar-refractivity contribution is 6.90. The Hall–Kier alpha value is -1.83. The molecule has 0 spiro atoms. The van der Waals surface area contributed by atoms with Gasteiger partial charge in [0.15, 0.2) is 0 Å². The van der Waals surface area contributed by atoms with Crippen molar-refractivity contribution in [3.63, 3.8) is 0 Å². The van der Waals surface area contributed by atoms with E-state index in [9.17, 15) is 0 Å². The molecule has 0 radical (unpaired) electrons. The van der Waals surface area contributed by atoms with Crippen molar-refractivity contribution in [3.05, 3.63) is 65.9 Å². The van der Waals surface area contributed by atoms with Gasteiger partial charge in [-0.2, -0.15) is 0 Å². The lowest BCUT2D eigenvalue weighted by Gasteiger charge is -2.35. The van der Waals surface area contributed by atoms with Crippen LogP contribution in [0.5, 0.6) is 0 Å². The van der Waals surface area contributed by atoms with Gasteiger partial charge in [0.2, 0.25) is 0 Å². The molecule has 0 bridgehead atoms. The summed E-state index contributed by atoms with van der Waals surface area (Å²) in [6.45, 7) is 18.9. The van der Waals surface area contributed by atoms with Crippen LogP contribution < -0.4 is 9.96 Å². The average molecular weight is 438 g/mol. The molecule has 0 unspecified atom stereocenters. The highest BCUT2D eigenvalue weighted by Gasteiger charge is 2.32. The van der Waals surface area contributed by atoms with Gasteiger partial charge in [-0.15, -0.1) is 0 Å². The smallest absolute Gasteiger partial charge is 0.115 e. The molecule has 30 heavy (non-hydrogen) atoms. The zero-order chi connectivity index (χ0) is 22.2. The summed E-state index contributed by atoms with van der Waals surface area (Å²) in [6, 6.07) is 19.0. The Balaban J connectivity index is 1.93. The molecule has 0 fully saturated rings. The summed E-state index contributed by atoms with van der Waals surface area (Å²) in [5, 5.41) is 5.20. The molecule has 0 aliphatic rings. The third kappa shape index (κ3) is 5.87. The molecule has 1 atom stereocenters. The van der Waals surface area contributed by atoms with Crippen LogP contribution in [0, 0.1) is 0 Å². The molecule has 3 rings (SSSR count). The Morgan fingerprint density at radius 2 is 1.53 bits per heavy atom. The molecule has 2 aromatic carbocycles. The molecule has 162 valence electrons. The highest BCUT2D eigenvalue weighted by Crippen LogP contribution is 2.33. The van der Waals surface area contributed by atoms with E-state index < -0.39 is 16.5 Å². The topological polar surface area (TPSA) is 39.8 Å². The Kier molecular flexibility index (Phi) is 6.37. The molecule has 3 nitrogen and oxygen atoms in total. The fraction of sp³-hybridized carbons (Fsp3) is 0.440. The summed E-state index contributed by atoms with van der Waals surface area (Å²) in [5.41, 5.74) is 5.30. The number of aromatic nitrogens is 1. The van der Waals surface area contributed by atoms with Crippen molar-refractivity contribution in [2.75, 3.05) is 5.32 Å². The molecule has 5 heteroatoms. The molecule has 3 N–H and O–H groups in total. The van der Waals surface area contributed by atoms with Crippen LogP contribution in [0.3, 0.4) is 0 Å². The van der Waals surface area contributed by atoms with Crippen LogP contribution in [0.4, 0.5) is 5.69 Å². The molecule has 3 aromatic rings. The van der Waals surface area contributed by atoms with Crippen molar-refractivity contribution in [1.29, 1.82) is 0 Å². The second kappa shape index (κ2) is 8.37. The number of para-hydroxylation sites is 1. The first-order chi connectivity index (χ1) is 13.8. The maximum Gasteiger partial charge on any atom is 0.115 e. The van der Waals surface area contributed by atoms with E-state index in [0.29, 0.717) is 0 Å². The van der Waals surface area contributed by atoms with E-state index in [1.807, 2.05) is 0 Å². The first kappa shape index (κ1) is 22.8. The molecule has 0 amide bonds. The van der Waals surface area contributed by atoms with Crippen molar-refractivity contribution in [2.45, 2.75) is 71.0 Å². The largest absolute Gasteiger partial charge is 0.378 e. The minimum atomic E-state index is -1.60. The quantitative estimate of drug-likeness (QED) is 0.341. The lowest BCUT2D eigenvalue weighted by molar-refractivity contribution is 0.590. The zero-order valence-electron chi connectivity index (χ0n) is 20.0. The molecule has 0 aliphatic heterocycles. The summed E-state index contributed by atoms with van der Waals surface area (Å²) < 4.78 is 4.08. The number of anilines is 1. The minimum absolute atomic E-state index is 0.172. The highest BCUT2D eigenvalue weighted by atomic mass is 28.4. The van der Waals surface area contributed by atoms with Gasteiger partial charge in [-0.3, -0.25) is 0 Å². The lowest BCUT2D eigenvalue weighted by atomic mass is 9.87. The number of rotatable bonds is 7. The van der Waals surface area contributed by atoms with Crippen molar-refractivity contribution in [1.82, 2.24) is 9.63 Å². The fourth-order valence-electron chi connectivity index (χ4n) is 4.47. The van der Waals surface area contributed by atoms with Crippen LogP contribution in [0.15, 0.2) is 54.7 Å². The predicted molar refractivity (Wildman–Crippen MR) is 139 cm³/mol. The van der Waals surface area contributed by atoms with Crippen molar-refractivity contribution >= 4 is 33.1 Å². The van der Waals surface area contributed by atoms with Crippen LogP contribution in [0.2, 0.25) is 38.8 Å². The molecule has 0 saturated heterocycles. The minimum Gasteiger partial charge on any atom is -0.378 e. The van der Waals surface area contributed by atoms with Crippen molar-refractivity contribution < 1.29 is 0 Å². The van der Waals surface area contributed by atoms with Gasteiger partial charge in [0.05, 0.1) is 6.04 Å². The molecular weight excluding hydrogens is 398 g/mol. The number of hydrogen-bond donors (Lipinski definition) is 3. The monoisotopic (exact) mass is 437 g/mol. The summed E-state index contributed by atoms with van der Waals surface area (Å²) in [7, 11) is -2.95. The van der Waals surface area contributed by atoms with Crippen LogP contribution in [0.1, 0.15) is 37.9 Å². The lowest BCUT2D eigenvalue weighted by Crippen LogP contribution is -2.58. The molecule has 0 aliphatic carbocycles. The summed E-state index contributed by atoms with van der Waals surface area (Å²) in [4.78, 5) is 3.48. The van der Waals surface area contributed by atoms with E-state index in [1.165, 1.54) is 27.7 Å². The van der Waals surface area contributed by atoms with Gasteiger partial charge >= 0.3 is 0 Å². The van der Waals surface area contributed by atoms with Crippen molar-refractivity contribution in [3.8, 4) is 0 Å². The maximum absolute atomic E-state index is 4.08. The molecular formula is C25H39N3Si2. The van der Waals surface area contributed by atoms with Crippen LogP contribution in [-0.2, 0) is 5.41 Å². The number of fused-ring (bicyclic) bond motifs is 1. The fourth-order valence-corrected chi connectivity index (χ4v) is 14.3. The van der Waals surface area contributed by atoms with E-state index in [1.54, 1.807) is 0 Å².